The molecule has 1 aromatic heterocycles. The fraction of sp³-hybridized carbons (Fsp3) is 0.545. The molecule has 0 aliphatic heterocycles. The van der Waals surface area contributed by atoms with Crippen molar-refractivity contribution in [2.45, 2.75) is 39.2 Å². The Balaban J connectivity index is 3.17. The van der Waals surface area contributed by atoms with Crippen molar-refractivity contribution < 1.29 is 9.90 Å². The Hall–Kier alpha value is -1.25. The first-order valence-corrected chi connectivity index (χ1v) is 4.96. The number of rotatable bonds is 4. The summed E-state index contributed by atoms with van der Waals surface area (Å²) in [7, 11) is 0. The van der Waals surface area contributed by atoms with Gasteiger partial charge in [0.25, 0.3) is 0 Å². The highest BCUT2D eigenvalue weighted by molar-refractivity contribution is 5.85. The predicted molar refractivity (Wildman–Crippen MR) is 55.6 cm³/mol. The summed E-state index contributed by atoms with van der Waals surface area (Å²) in [5.41, 5.74) is 0.285. The van der Waals surface area contributed by atoms with E-state index in [0.717, 1.165) is 12.8 Å². The van der Waals surface area contributed by atoms with Crippen LogP contribution in [0.3, 0.4) is 0 Å². The van der Waals surface area contributed by atoms with Crippen molar-refractivity contribution in [3.05, 3.63) is 24.0 Å². The number of nitrogens with zero attached hydrogens (tertiary/aromatic N) is 1. The highest BCUT2D eigenvalue weighted by Crippen LogP contribution is 2.26. The molecule has 78 valence electrons. The maximum Gasteiger partial charge on any atom is 0.352 e. The van der Waals surface area contributed by atoms with Gasteiger partial charge in [-0.05, 0) is 31.9 Å². The van der Waals surface area contributed by atoms with Crippen LogP contribution in [0.25, 0.3) is 0 Å². The predicted octanol–water partition coefficient (Wildman–Crippen LogP) is 2.72. The standard InChI is InChI=1S/C11H17NO2/c1-4-11(3,5-2)12-8-6-7-9(12)10(13)14/h6-8H,4-5H2,1-3H3,(H,13,14). The van der Waals surface area contributed by atoms with E-state index in [1.807, 2.05) is 10.8 Å². The number of aromatic carboxylic acids is 1. The number of aromatic nitrogens is 1. The average Bonchev–Trinajstić information content (AvgIpc) is 2.65. The highest BCUT2D eigenvalue weighted by atomic mass is 16.4. The second-order valence-corrected chi connectivity index (χ2v) is 3.77. The van der Waals surface area contributed by atoms with Crippen LogP contribution in [0.2, 0.25) is 0 Å². The zero-order valence-corrected chi connectivity index (χ0v) is 8.95. The van der Waals surface area contributed by atoms with Crippen LogP contribution in [0.15, 0.2) is 18.3 Å². The Morgan fingerprint density at radius 2 is 2.07 bits per heavy atom. The van der Waals surface area contributed by atoms with Crippen LogP contribution in [0, 0.1) is 0 Å². The SMILES string of the molecule is CCC(C)(CC)n1cccc1C(=O)O. The molecule has 0 saturated heterocycles. The lowest BCUT2D eigenvalue weighted by molar-refractivity contribution is 0.0674. The van der Waals surface area contributed by atoms with Gasteiger partial charge in [-0.15, -0.1) is 0 Å². The maximum atomic E-state index is 10.9. The van der Waals surface area contributed by atoms with E-state index in [4.69, 9.17) is 5.11 Å². The molecule has 0 aliphatic rings. The number of hydrogen-bond donors (Lipinski definition) is 1. The zero-order chi connectivity index (χ0) is 10.8. The molecule has 1 heterocycles. The molecule has 0 aliphatic carbocycles. The minimum atomic E-state index is -0.858. The van der Waals surface area contributed by atoms with Crippen molar-refractivity contribution in [1.29, 1.82) is 0 Å². The number of carboxylic acid groups (broad SMARTS) is 1. The van der Waals surface area contributed by atoms with Gasteiger partial charge in [-0.2, -0.15) is 0 Å². The molecule has 3 heteroatoms. The molecular formula is C11H17NO2. The van der Waals surface area contributed by atoms with Crippen molar-refractivity contribution >= 4 is 5.97 Å². The molecule has 0 radical (unpaired) electrons. The monoisotopic (exact) mass is 195 g/mol. The third-order valence-corrected chi connectivity index (χ3v) is 3.07. The van der Waals surface area contributed by atoms with E-state index < -0.39 is 5.97 Å². The molecule has 0 aromatic carbocycles. The molecule has 0 bridgehead atoms. The van der Waals surface area contributed by atoms with E-state index in [1.165, 1.54) is 0 Å². The van der Waals surface area contributed by atoms with E-state index in [1.54, 1.807) is 12.1 Å². The number of carbonyl (C=O) groups is 1. The molecule has 0 atom stereocenters. The maximum absolute atomic E-state index is 10.9. The molecule has 0 fully saturated rings. The molecule has 0 unspecified atom stereocenters. The van der Waals surface area contributed by atoms with Gasteiger partial charge in [0.15, 0.2) is 0 Å². The fourth-order valence-corrected chi connectivity index (χ4v) is 1.62. The Labute approximate surface area is 84.4 Å². The summed E-state index contributed by atoms with van der Waals surface area (Å²) in [5.74, 6) is -0.858. The van der Waals surface area contributed by atoms with Gasteiger partial charge in [0.1, 0.15) is 5.69 Å². The van der Waals surface area contributed by atoms with Gasteiger partial charge in [0, 0.05) is 11.7 Å². The van der Waals surface area contributed by atoms with Crippen molar-refractivity contribution in [2.75, 3.05) is 0 Å². The lowest BCUT2D eigenvalue weighted by Gasteiger charge is -2.30. The summed E-state index contributed by atoms with van der Waals surface area (Å²) >= 11 is 0. The summed E-state index contributed by atoms with van der Waals surface area (Å²) in [6, 6.07) is 3.43. The van der Waals surface area contributed by atoms with Crippen molar-refractivity contribution in [1.82, 2.24) is 4.57 Å². The lowest BCUT2D eigenvalue weighted by Crippen LogP contribution is -2.30. The third kappa shape index (κ3) is 1.67. The Morgan fingerprint density at radius 3 is 2.50 bits per heavy atom. The summed E-state index contributed by atoms with van der Waals surface area (Å²) in [5, 5.41) is 8.99. The van der Waals surface area contributed by atoms with Gasteiger partial charge >= 0.3 is 5.97 Å². The highest BCUT2D eigenvalue weighted by Gasteiger charge is 2.25. The van der Waals surface area contributed by atoms with E-state index in [9.17, 15) is 4.79 Å². The van der Waals surface area contributed by atoms with Crippen LogP contribution in [-0.2, 0) is 5.54 Å². The van der Waals surface area contributed by atoms with Crippen LogP contribution < -0.4 is 0 Å². The average molecular weight is 195 g/mol. The van der Waals surface area contributed by atoms with Gasteiger partial charge in [-0.3, -0.25) is 0 Å². The van der Waals surface area contributed by atoms with Gasteiger partial charge in [-0.25, -0.2) is 4.79 Å². The minimum absolute atomic E-state index is 0.0861. The normalized spacial score (nSPS) is 11.6. The topological polar surface area (TPSA) is 42.2 Å². The summed E-state index contributed by atoms with van der Waals surface area (Å²) < 4.78 is 1.86. The van der Waals surface area contributed by atoms with Crippen LogP contribution in [-0.4, -0.2) is 15.6 Å². The van der Waals surface area contributed by atoms with E-state index in [2.05, 4.69) is 20.8 Å². The van der Waals surface area contributed by atoms with Crippen molar-refractivity contribution in [2.24, 2.45) is 0 Å². The third-order valence-electron chi connectivity index (χ3n) is 3.07. The molecule has 1 aromatic rings. The van der Waals surface area contributed by atoms with Crippen LogP contribution in [0.5, 0.6) is 0 Å². The molecular weight excluding hydrogens is 178 g/mol. The molecule has 0 spiro atoms. The van der Waals surface area contributed by atoms with E-state index in [0.29, 0.717) is 5.69 Å². The first kappa shape index (κ1) is 10.8. The van der Waals surface area contributed by atoms with Gasteiger partial charge < -0.3 is 9.67 Å². The molecule has 1 N–H and O–H groups in total. The Bertz CT molecular complexity index is 324. The Kier molecular flexibility index (Phi) is 2.99. The van der Waals surface area contributed by atoms with Crippen LogP contribution in [0.4, 0.5) is 0 Å². The van der Waals surface area contributed by atoms with Crippen LogP contribution >= 0.6 is 0 Å². The smallest absolute Gasteiger partial charge is 0.352 e. The van der Waals surface area contributed by atoms with E-state index in [-0.39, 0.29) is 5.54 Å². The Morgan fingerprint density at radius 1 is 1.50 bits per heavy atom. The first-order chi connectivity index (χ1) is 6.55. The second-order valence-electron chi connectivity index (χ2n) is 3.77. The molecule has 0 saturated carbocycles. The van der Waals surface area contributed by atoms with Crippen molar-refractivity contribution in [3.8, 4) is 0 Å². The fourth-order valence-electron chi connectivity index (χ4n) is 1.62. The molecule has 3 nitrogen and oxygen atoms in total. The minimum Gasteiger partial charge on any atom is -0.477 e. The first-order valence-electron chi connectivity index (χ1n) is 4.96. The quantitative estimate of drug-likeness (QED) is 0.802. The summed E-state index contributed by atoms with van der Waals surface area (Å²) in [4.78, 5) is 10.9. The van der Waals surface area contributed by atoms with Crippen LogP contribution in [0.1, 0.15) is 44.1 Å². The largest absolute Gasteiger partial charge is 0.477 e. The number of carboxylic acids is 1. The van der Waals surface area contributed by atoms with Gasteiger partial charge in [0.05, 0.1) is 0 Å². The van der Waals surface area contributed by atoms with Gasteiger partial charge in [0.2, 0.25) is 0 Å². The van der Waals surface area contributed by atoms with Crippen molar-refractivity contribution in [3.63, 3.8) is 0 Å². The second kappa shape index (κ2) is 3.86. The number of hydrogen-bond acceptors (Lipinski definition) is 1. The summed E-state index contributed by atoms with van der Waals surface area (Å²) in [6.07, 6.45) is 3.70. The zero-order valence-electron chi connectivity index (χ0n) is 8.95. The lowest BCUT2D eigenvalue weighted by atomic mass is 9.95. The molecule has 0 amide bonds. The molecule has 1 rings (SSSR count). The van der Waals surface area contributed by atoms with Gasteiger partial charge in [-0.1, -0.05) is 13.8 Å². The van der Waals surface area contributed by atoms with E-state index >= 15 is 0 Å². The molecule has 14 heavy (non-hydrogen) atoms. The summed E-state index contributed by atoms with van der Waals surface area (Å²) in [6.45, 7) is 6.24.